The largest absolute Gasteiger partial charge is 0.494 e. The Hall–Kier alpha value is -2.58. The second-order valence-electron chi connectivity index (χ2n) is 12.7. The summed E-state index contributed by atoms with van der Waals surface area (Å²) in [5.41, 5.74) is 6.21. The number of hydrogen-bond acceptors (Lipinski definition) is 2. The van der Waals surface area contributed by atoms with E-state index in [9.17, 15) is 0 Å². The van der Waals surface area contributed by atoms with Crippen LogP contribution in [0, 0.1) is 0 Å². The molecule has 1 atom stereocenters. The Morgan fingerprint density at radius 2 is 0.864 bits per heavy atom. The molecule has 0 amide bonds. The van der Waals surface area contributed by atoms with Gasteiger partial charge in [0.05, 0.1) is 12.7 Å². The molecular formula is C42H62O2. The van der Waals surface area contributed by atoms with Crippen molar-refractivity contribution >= 4 is 0 Å². The van der Waals surface area contributed by atoms with Crippen molar-refractivity contribution < 1.29 is 9.47 Å². The van der Waals surface area contributed by atoms with Crippen LogP contribution in [0.3, 0.4) is 0 Å². The first-order chi connectivity index (χ1) is 21.7. The van der Waals surface area contributed by atoms with Gasteiger partial charge in [0.15, 0.2) is 0 Å². The smallest absolute Gasteiger partial charge is 0.119 e. The van der Waals surface area contributed by atoms with Gasteiger partial charge in [0, 0.05) is 6.61 Å². The van der Waals surface area contributed by atoms with Crippen LogP contribution in [0.2, 0.25) is 0 Å². The number of benzene rings is 3. The average Bonchev–Trinajstić information content (AvgIpc) is 3.07. The van der Waals surface area contributed by atoms with Gasteiger partial charge in [-0.3, -0.25) is 0 Å². The zero-order chi connectivity index (χ0) is 31.1. The summed E-state index contributed by atoms with van der Waals surface area (Å²) in [7, 11) is 0. The Kier molecular flexibility index (Phi) is 18.6. The van der Waals surface area contributed by atoms with Crippen LogP contribution in [-0.2, 0) is 4.74 Å². The monoisotopic (exact) mass is 598 g/mol. The highest BCUT2D eigenvalue weighted by Crippen LogP contribution is 2.33. The minimum absolute atomic E-state index is 0.122. The van der Waals surface area contributed by atoms with Crippen LogP contribution in [0.1, 0.15) is 148 Å². The number of ether oxygens (including phenoxy) is 2. The van der Waals surface area contributed by atoms with Gasteiger partial charge >= 0.3 is 0 Å². The molecule has 0 saturated carbocycles. The number of rotatable bonds is 25. The van der Waals surface area contributed by atoms with Crippen LogP contribution in [0.4, 0.5) is 0 Å². The van der Waals surface area contributed by atoms with Gasteiger partial charge in [0.25, 0.3) is 0 Å². The molecule has 0 aliphatic carbocycles. The van der Waals surface area contributed by atoms with Gasteiger partial charge in [0.1, 0.15) is 5.75 Å². The Labute approximate surface area is 271 Å². The molecule has 1 unspecified atom stereocenters. The second kappa shape index (κ2) is 22.9. The van der Waals surface area contributed by atoms with Crippen molar-refractivity contribution in [2.45, 2.75) is 142 Å². The van der Waals surface area contributed by atoms with Crippen LogP contribution in [0.25, 0.3) is 22.3 Å². The van der Waals surface area contributed by atoms with E-state index in [-0.39, 0.29) is 6.10 Å². The molecule has 0 aromatic heterocycles. The molecule has 0 saturated heterocycles. The van der Waals surface area contributed by atoms with E-state index >= 15 is 0 Å². The fourth-order valence-electron chi connectivity index (χ4n) is 6.02. The molecule has 3 rings (SSSR count). The van der Waals surface area contributed by atoms with Gasteiger partial charge in [-0.2, -0.15) is 0 Å². The van der Waals surface area contributed by atoms with Crippen molar-refractivity contribution in [1.82, 2.24) is 0 Å². The number of hydrogen-bond donors (Lipinski definition) is 0. The third kappa shape index (κ3) is 14.0. The minimum Gasteiger partial charge on any atom is -0.494 e. The van der Waals surface area contributed by atoms with Crippen LogP contribution in [-0.4, -0.2) is 13.2 Å². The van der Waals surface area contributed by atoms with Crippen molar-refractivity contribution in [3.63, 3.8) is 0 Å². The van der Waals surface area contributed by atoms with E-state index in [4.69, 9.17) is 9.47 Å². The zero-order valence-corrected chi connectivity index (χ0v) is 28.5. The van der Waals surface area contributed by atoms with Crippen LogP contribution in [0.15, 0.2) is 72.8 Å². The maximum absolute atomic E-state index is 6.17. The lowest BCUT2D eigenvalue weighted by atomic mass is 9.94. The maximum atomic E-state index is 6.17. The summed E-state index contributed by atoms with van der Waals surface area (Å²) >= 11 is 0. The molecule has 0 aliphatic heterocycles. The third-order valence-corrected chi connectivity index (χ3v) is 8.92. The number of unbranched alkanes of at least 4 members (excludes halogenated alkanes) is 16. The lowest BCUT2D eigenvalue weighted by molar-refractivity contribution is 0.0627. The molecule has 0 bridgehead atoms. The molecule has 44 heavy (non-hydrogen) atoms. The quantitative estimate of drug-likeness (QED) is 0.0903. The molecule has 0 N–H and O–H groups in total. The summed E-state index contributed by atoms with van der Waals surface area (Å²) in [4.78, 5) is 0. The summed E-state index contributed by atoms with van der Waals surface area (Å²) in [5, 5.41) is 0. The van der Waals surface area contributed by atoms with E-state index in [0.717, 1.165) is 31.8 Å². The van der Waals surface area contributed by atoms with E-state index in [1.54, 1.807) is 0 Å². The molecule has 0 radical (unpaired) electrons. The summed E-state index contributed by atoms with van der Waals surface area (Å²) in [6.07, 6.45) is 24.2. The highest BCUT2D eigenvalue weighted by atomic mass is 16.5. The summed E-state index contributed by atoms with van der Waals surface area (Å²) < 4.78 is 12.2. The Balaban J connectivity index is 1.39. The average molecular weight is 599 g/mol. The highest BCUT2D eigenvalue weighted by Gasteiger charge is 2.10. The summed E-state index contributed by atoms with van der Waals surface area (Å²) in [5.74, 6) is 0.966. The molecule has 0 spiro atoms. The SMILES string of the molecule is CCCCCCCCCCCCCOc1ccc(-c2ccccc2-c2ccc(C(C)OCCCCCCCCC)cc2)cc1. The van der Waals surface area contributed by atoms with Crippen molar-refractivity contribution in [2.24, 2.45) is 0 Å². The fraction of sp³-hybridized carbons (Fsp3) is 0.571. The van der Waals surface area contributed by atoms with Gasteiger partial charge in [0.2, 0.25) is 0 Å². The topological polar surface area (TPSA) is 18.5 Å². The van der Waals surface area contributed by atoms with Crippen LogP contribution < -0.4 is 4.74 Å². The normalized spacial score (nSPS) is 12.0. The molecule has 2 nitrogen and oxygen atoms in total. The van der Waals surface area contributed by atoms with E-state index in [1.165, 1.54) is 131 Å². The molecule has 0 aliphatic rings. The van der Waals surface area contributed by atoms with Crippen LogP contribution >= 0.6 is 0 Å². The van der Waals surface area contributed by atoms with Crippen LogP contribution in [0.5, 0.6) is 5.75 Å². The molecule has 3 aromatic rings. The molecule has 2 heteroatoms. The molecule has 0 heterocycles. The van der Waals surface area contributed by atoms with E-state index in [2.05, 4.69) is 93.6 Å². The Morgan fingerprint density at radius 1 is 0.455 bits per heavy atom. The van der Waals surface area contributed by atoms with Gasteiger partial charge in [-0.1, -0.05) is 177 Å². The Morgan fingerprint density at radius 3 is 1.34 bits per heavy atom. The van der Waals surface area contributed by atoms with Crippen molar-refractivity contribution in [3.05, 3.63) is 78.4 Å². The summed E-state index contributed by atoms with van der Waals surface area (Å²) in [6.45, 7) is 8.38. The molecule has 242 valence electrons. The van der Waals surface area contributed by atoms with E-state index in [1.807, 2.05) is 0 Å². The predicted molar refractivity (Wildman–Crippen MR) is 192 cm³/mol. The second-order valence-corrected chi connectivity index (χ2v) is 12.7. The summed E-state index contributed by atoms with van der Waals surface area (Å²) in [6, 6.07) is 26.3. The van der Waals surface area contributed by atoms with Gasteiger partial charge in [-0.15, -0.1) is 0 Å². The van der Waals surface area contributed by atoms with Crippen molar-refractivity contribution in [2.75, 3.05) is 13.2 Å². The van der Waals surface area contributed by atoms with Gasteiger partial charge in [-0.05, 0) is 59.7 Å². The van der Waals surface area contributed by atoms with E-state index in [0.29, 0.717) is 0 Å². The standard InChI is InChI=1S/C42H62O2/c1-4-6-8-10-12-13-14-15-17-19-23-35-44-40-32-30-39(31-33-40)42-25-21-20-24-41(42)38-28-26-37(27-29-38)36(3)43-34-22-18-16-11-9-7-5-2/h20-21,24-33,36H,4-19,22-23,34-35H2,1-3H3. The Bertz CT molecular complexity index is 1100. The predicted octanol–water partition coefficient (Wildman–Crippen LogP) is 13.5. The van der Waals surface area contributed by atoms with Gasteiger partial charge in [-0.25, -0.2) is 0 Å². The van der Waals surface area contributed by atoms with E-state index < -0.39 is 0 Å². The maximum Gasteiger partial charge on any atom is 0.119 e. The lowest BCUT2D eigenvalue weighted by Gasteiger charge is -2.15. The molecule has 0 fully saturated rings. The highest BCUT2D eigenvalue weighted by molar-refractivity contribution is 5.83. The minimum atomic E-state index is 0.122. The lowest BCUT2D eigenvalue weighted by Crippen LogP contribution is -2.02. The third-order valence-electron chi connectivity index (χ3n) is 8.92. The zero-order valence-electron chi connectivity index (χ0n) is 28.5. The van der Waals surface area contributed by atoms with Crippen molar-refractivity contribution in [3.8, 4) is 28.0 Å². The van der Waals surface area contributed by atoms with Crippen molar-refractivity contribution in [1.29, 1.82) is 0 Å². The first kappa shape index (κ1) is 35.9. The van der Waals surface area contributed by atoms with Gasteiger partial charge < -0.3 is 9.47 Å². The molecular weight excluding hydrogens is 536 g/mol. The first-order valence-corrected chi connectivity index (χ1v) is 18.3. The first-order valence-electron chi connectivity index (χ1n) is 18.3. The fourth-order valence-corrected chi connectivity index (χ4v) is 6.02. The molecule has 3 aromatic carbocycles.